The highest BCUT2D eigenvalue weighted by Crippen LogP contribution is 2.24. The van der Waals surface area contributed by atoms with Crippen LogP contribution in [0.2, 0.25) is 0 Å². The molecule has 0 aromatic carbocycles. The van der Waals surface area contributed by atoms with Crippen molar-refractivity contribution >= 4 is 0 Å². The smallest absolute Gasteiger partial charge is 0.0621 e. The first-order valence-electron chi connectivity index (χ1n) is 6.84. The molecule has 0 aromatic rings. The van der Waals surface area contributed by atoms with E-state index in [1.54, 1.807) is 0 Å². The maximum Gasteiger partial charge on any atom is 0.0621 e. The summed E-state index contributed by atoms with van der Waals surface area (Å²) in [5, 5.41) is 3.47. The van der Waals surface area contributed by atoms with E-state index >= 15 is 0 Å². The Hall–Kier alpha value is -0.120. The quantitative estimate of drug-likeness (QED) is 0.789. The molecule has 0 radical (unpaired) electrons. The Balaban J connectivity index is 1.87. The number of piperidine rings is 1. The number of rotatable bonds is 3. The minimum absolute atomic E-state index is 0.695. The fourth-order valence-electron chi connectivity index (χ4n) is 3.20. The van der Waals surface area contributed by atoms with Gasteiger partial charge in [-0.3, -0.25) is 4.90 Å². The molecule has 0 amide bonds. The summed E-state index contributed by atoms with van der Waals surface area (Å²) in [5.74, 6) is 0.820. The minimum atomic E-state index is 0.695. The lowest BCUT2D eigenvalue weighted by atomic mass is 9.88. The van der Waals surface area contributed by atoms with E-state index in [-0.39, 0.29) is 0 Å². The Labute approximate surface area is 99.5 Å². The van der Waals surface area contributed by atoms with E-state index in [0.29, 0.717) is 6.04 Å². The van der Waals surface area contributed by atoms with Gasteiger partial charge in [-0.15, -0.1) is 0 Å². The third kappa shape index (κ3) is 2.76. The molecule has 2 aliphatic heterocycles. The number of hydrogen-bond donors (Lipinski definition) is 1. The third-order valence-electron chi connectivity index (χ3n) is 4.31. The van der Waals surface area contributed by atoms with Crippen LogP contribution in [0.3, 0.4) is 0 Å². The van der Waals surface area contributed by atoms with Gasteiger partial charge >= 0.3 is 0 Å². The summed E-state index contributed by atoms with van der Waals surface area (Å²) in [5.41, 5.74) is 0. The van der Waals surface area contributed by atoms with Crippen LogP contribution in [0, 0.1) is 5.92 Å². The standard InChI is InChI=1S/C13H26N2O/c1-3-11-9-15(7-6-13(11)14-2)12-5-4-8-16-10-12/h11-14H,3-10H2,1-2H3. The van der Waals surface area contributed by atoms with Gasteiger partial charge in [-0.2, -0.15) is 0 Å². The van der Waals surface area contributed by atoms with Crippen LogP contribution in [0.1, 0.15) is 32.6 Å². The van der Waals surface area contributed by atoms with Crippen molar-refractivity contribution in [2.24, 2.45) is 5.92 Å². The summed E-state index contributed by atoms with van der Waals surface area (Å²) in [6.07, 6.45) is 5.16. The number of nitrogens with zero attached hydrogens (tertiary/aromatic N) is 1. The van der Waals surface area contributed by atoms with Crippen molar-refractivity contribution in [2.75, 3.05) is 33.4 Å². The number of nitrogens with one attached hydrogen (secondary N) is 1. The second-order valence-corrected chi connectivity index (χ2v) is 5.22. The summed E-state index contributed by atoms with van der Waals surface area (Å²) in [7, 11) is 2.10. The second-order valence-electron chi connectivity index (χ2n) is 5.22. The van der Waals surface area contributed by atoms with Crippen LogP contribution in [0.25, 0.3) is 0 Å². The summed E-state index contributed by atoms with van der Waals surface area (Å²) in [6.45, 7) is 6.75. The summed E-state index contributed by atoms with van der Waals surface area (Å²) < 4.78 is 5.60. The van der Waals surface area contributed by atoms with Gasteiger partial charge in [-0.05, 0) is 32.2 Å². The van der Waals surface area contributed by atoms with E-state index in [1.807, 2.05) is 0 Å². The number of likely N-dealkylation sites (tertiary alicyclic amines) is 1. The van der Waals surface area contributed by atoms with Gasteiger partial charge in [0.15, 0.2) is 0 Å². The van der Waals surface area contributed by atoms with Crippen LogP contribution in [0.4, 0.5) is 0 Å². The maximum atomic E-state index is 5.60. The molecule has 2 fully saturated rings. The Bertz CT molecular complexity index is 204. The molecule has 2 rings (SSSR count). The van der Waals surface area contributed by atoms with Crippen molar-refractivity contribution in [3.63, 3.8) is 0 Å². The molecule has 0 bridgehead atoms. The van der Waals surface area contributed by atoms with Gasteiger partial charge in [-0.1, -0.05) is 13.3 Å². The fourth-order valence-corrected chi connectivity index (χ4v) is 3.20. The lowest BCUT2D eigenvalue weighted by Crippen LogP contribution is -2.53. The minimum Gasteiger partial charge on any atom is -0.380 e. The van der Waals surface area contributed by atoms with Crippen LogP contribution in [0.5, 0.6) is 0 Å². The van der Waals surface area contributed by atoms with E-state index in [2.05, 4.69) is 24.2 Å². The lowest BCUT2D eigenvalue weighted by molar-refractivity contribution is -0.00417. The topological polar surface area (TPSA) is 24.5 Å². The van der Waals surface area contributed by atoms with Crippen molar-refractivity contribution < 1.29 is 4.74 Å². The van der Waals surface area contributed by atoms with Crippen molar-refractivity contribution in [2.45, 2.75) is 44.7 Å². The van der Waals surface area contributed by atoms with Gasteiger partial charge < -0.3 is 10.1 Å². The lowest BCUT2D eigenvalue weighted by Gasteiger charge is -2.43. The Kier molecular flexibility index (Phi) is 4.62. The molecule has 0 aromatic heterocycles. The largest absolute Gasteiger partial charge is 0.380 e. The molecule has 0 aliphatic carbocycles. The van der Waals surface area contributed by atoms with E-state index < -0.39 is 0 Å². The third-order valence-corrected chi connectivity index (χ3v) is 4.31. The van der Waals surface area contributed by atoms with E-state index in [1.165, 1.54) is 38.8 Å². The Morgan fingerprint density at radius 1 is 1.38 bits per heavy atom. The molecule has 2 heterocycles. The van der Waals surface area contributed by atoms with Gasteiger partial charge in [0.05, 0.1) is 6.61 Å². The molecule has 3 atom stereocenters. The molecule has 0 spiro atoms. The van der Waals surface area contributed by atoms with Crippen molar-refractivity contribution in [3.8, 4) is 0 Å². The van der Waals surface area contributed by atoms with Crippen LogP contribution in [-0.2, 0) is 4.74 Å². The van der Waals surface area contributed by atoms with Gasteiger partial charge in [0.25, 0.3) is 0 Å². The molecular formula is C13H26N2O. The normalized spacial score (nSPS) is 37.5. The van der Waals surface area contributed by atoms with E-state index in [0.717, 1.165) is 25.2 Å². The number of ether oxygens (including phenoxy) is 1. The highest BCUT2D eigenvalue weighted by molar-refractivity contribution is 4.87. The average Bonchev–Trinajstić information content (AvgIpc) is 2.39. The van der Waals surface area contributed by atoms with Crippen LogP contribution in [0.15, 0.2) is 0 Å². The predicted octanol–water partition coefficient (Wildman–Crippen LogP) is 1.49. The molecular weight excluding hydrogens is 200 g/mol. The molecule has 0 saturated carbocycles. The molecule has 3 unspecified atom stereocenters. The average molecular weight is 226 g/mol. The van der Waals surface area contributed by atoms with E-state index in [9.17, 15) is 0 Å². The second kappa shape index (κ2) is 5.99. The van der Waals surface area contributed by atoms with Crippen LogP contribution >= 0.6 is 0 Å². The molecule has 3 nitrogen and oxygen atoms in total. The zero-order valence-electron chi connectivity index (χ0n) is 10.7. The van der Waals surface area contributed by atoms with Gasteiger partial charge in [0.1, 0.15) is 0 Å². The molecule has 94 valence electrons. The summed E-state index contributed by atoms with van der Waals surface area (Å²) in [6, 6.07) is 1.42. The predicted molar refractivity (Wildman–Crippen MR) is 66.7 cm³/mol. The summed E-state index contributed by atoms with van der Waals surface area (Å²) >= 11 is 0. The zero-order valence-corrected chi connectivity index (χ0v) is 10.7. The molecule has 2 saturated heterocycles. The molecule has 1 N–H and O–H groups in total. The first kappa shape index (κ1) is 12.3. The Morgan fingerprint density at radius 2 is 2.25 bits per heavy atom. The summed E-state index contributed by atoms with van der Waals surface area (Å²) in [4.78, 5) is 2.67. The highest BCUT2D eigenvalue weighted by atomic mass is 16.5. The first-order valence-corrected chi connectivity index (χ1v) is 6.84. The van der Waals surface area contributed by atoms with Crippen LogP contribution in [-0.4, -0.2) is 50.3 Å². The maximum absolute atomic E-state index is 5.60. The fraction of sp³-hybridized carbons (Fsp3) is 1.00. The van der Waals surface area contributed by atoms with E-state index in [4.69, 9.17) is 4.74 Å². The SMILES string of the molecule is CCC1CN(C2CCCOC2)CCC1NC. The zero-order chi connectivity index (χ0) is 11.4. The molecule has 16 heavy (non-hydrogen) atoms. The molecule has 3 heteroatoms. The first-order chi connectivity index (χ1) is 7.85. The van der Waals surface area contributed by atoms with Gasteiger partial charge in [0.2, 0.25) is 0 Å². The highest BCUT2D eigenvalue weighted by Gasteiger charge is 2.31. The number of hydrogen-bond acceptors (Lipinski definition) is 3. The van der Waals surface area contributed by atoms with Gasteiger partial charge in [-0.25, -0.2) is 0 Å². The Morgan fingerprint density at radius 3 is 2.88 bits per heavy atom. The molecule has 2 aliphatic rings. The monoisotopic (exact) mass is 226 g/mol. The van der Waals surface area contributed by atoms with Crippen LogP contribution < -0.4 is 5.32 Å². The van der Waals surface area contributed by atoms with Gasteiger partial charge in [0, 0.05) is 31.8 Å². The van der Waals surface area contributed by atoms with Crippen molar-refractivity contribution in [1.29, 1.82) is 0 Å². The van der Waals surface area contributed by atoms with Crippen molar-refractivity contribution in [3.05, 3.63) is 0 Å². The van der Waals surface area contributed by atoms with Crippen molar-refractivity contribution in [1.82, 2.24) is 10.2 Å².